The van der Waals surface area contributed by atoms with Crippen molar-refractivity contribution in [3.8, 4) is 11.9 Å². The summed E-state index contributed by atoms with van der Waals surface area (Å²) in [6.07, 6.45) is 4.10. The van der Waals surface area contributed by atoms with Gasteiger partial charge in [0, 0.05) is 32.2 Å². The van der Waals surface area contributed by atoms with Gasteiger partial charge in [0.1, 0.15) is 12.4 Å². The summed E-state index contributed by atoms with van der Waals surface area (Å²) in [5.41, 5.74) is 5.53. The minimum Gasteiger partial charge on any atom is -0.489 e. The molecule has 0 N–H and O–H groups in total. The molecular weight excluding hydrogens is 434 g/mol. The highest BCUT2D eigenvalue weighted by Crippen LogP contribution is 2.27. The number of ether oxygens (including phenoxy) is 1. The van der Waals surface area contributed by atoms with Crippen LogP contribution in [0.4, 0.5) is 0 Å². The van der Waals surface area contributed by atoms with E-state index in [1.807, 2.05) is 24.4 Å². The van der Waals surface area contributed by atoms with E-state index in [-0.39, 0.29) is 0 Å². The summed E-state index contributed by atoms with van der Waals surface area (Å²) >= 11 is 0. The van der Waals surface area contributed by atoms with Crippen LogP contribution in [-0.2, 0) is 19.7 Å². The number of aromatic nitrogens is 2. The highest BCUT2D eigenvalue weighted by molar-refractivity contribution is 5.76. The van der Waals surface area contributed by atoms with Crippen LogP contribution in [0, 0.1) is 11.5 Å². The smallest absolute Gasteiger partial charge is 0.221 e. The number of rotatable bonds is 7. The molecule has 3 aromatic carbocycles. The molecule has 6 heteroatoms. The molecule has 178 valence electrons. The van der Waals surface area contributed by atoms with Gasteiger partial charge in [-0.15, -0.1) is 4.99 Å². The first-order chi connectivity index (χ1) is 17.3. The van der Waals surface area contributed by atoms with E-state index >= 15 is 0 Å². The number of hydrogen-bond acceptors (Lipinski definition) is 4. The second-order valence-corrected chi connectivity index (χ2v) is 9.04. The van der Waals surface area contributed by atoms with Crippen molar-refractivity contribution in [3.05, 3.63) is 95.6 Å². The molecule has 1 aliphatic rings. The Bertz CT molecular complexity index is 1370. The van der Waals surface area contributed by atoms with E-state index in [1.165, 1.54) is 11.1 Å². The van der Waals surface area contributed by atoms with Crippen LogP contribution < -0.4 is 10.4 Å². The number of nitriles is 1. The summed E-state index contributed by atoms with van der Waals surface area (Å²) in [5, 5.41) is 9.34. The zero-order valence-corrected chi connectivity index (χ0v) is 20.2. The van der Waals surface area contributed by atoms with Crippen LogP contribution in [-0.4, -0.2) is 27.1 Å². The molecule has 4 aromatic rings. The average molecular weight is 466 g/mol. The van der Waals surface area contributed by atoms with Crippen LogP contribution in [0.1, 0.15) is 36.9 Å². The standard InChI is InChI=1S/C29H31N5O/c1-2-33-27-10-6-7-11-28(27)34(29(33)31-22-30)25-16-18-32(19-17-25)20-23-12-14-26(15-13-23)35-21-24-8-4-3-5-9-24/h3-15,25H,2,16-21H2,1H3. The Morgan fingerprint density at radius 1 is 0.886 bits per heavy atom. The maximum Gasteiger partial charge on any atom is 0.221 e. The van der Waals surface area contributed by atoms with E-state index in [0.29, 0.717) is 12.6 Å². The summed E-state index contributed by atoms with van der Waals surface area (Å²) in [5.74, 6) is 0.897. The van der Waals surface area contributed by atoms with Crippen LogP contribution in [0.3, 0.4) is 0 Å². The van der Waals surface area contributed by atoms with Gasteiger partial charge >= 0.3 is 0 Å². The fourth-order valence-electron chi connectivity index (χ4n) is 5.10. The highest BCUT2D eigenvalue weighted by atomic mass is 16.5. The molecule has 0 radical (unpaired) electrons. The number of benzene rings is 3. The first kappa shape index (κ1) is 22.9. The molecule has 0 aliphatic carbocycles. The van der Waals surface area contributed by atoms with Gasteiger partial charge in [-0.05, 0) is 55.2 Å². The number of imidazole rings is 1. The number of hydrogen-bond donors (Lipinski definition) is 0. The van der Waals surface area contributed by atoms with Crippen molar-refractivity contribution in [2.75, 3.05) is 13.1 Å². The predicted octanol–water partition coefficient (Wildman–Crippen LogP) is 5.26. The minimum absolute atomic E-state index is 0.338. The van der Waals surface area contributed by atoms with E-state index in [9.17, 15) is 5.26 Å². The summed E-state index contributed by atoms with van der Waals surface area (Å²) in [6, 6.07) is 27.4. The van der Waals surface area contributed by atoms with Crippen molar-refractivity contribution < 1.29 is 4.74 Å². The van der Waals surface area contributed by atoms with Gasteiger partial charge in [0.2, 0.25) is 11.8 Å². The van der Waals surface area contributed by atoms with Crippen molar-refractivity contribution >= 4 is 11.0 Å². The van der Waals surface area contributed by atoms with Gasteiger partial charge in [-0.1, -0.05) is 54.6 Å². The van der Waals surface area contributed by atoms with E-state index < -0.39 is 0 Å². The zero-order chi connectivity index (χ0) is 24.0. The lowest BCUT2D eigenvalue weighted by molar-refractivity contribution is 0.179. The molecule has 2 heterocycles. The van der Waals surface area contributed by atoms with Crippen LogP contribution in [0.5, 0.6) is 5.75 Å². The lowest BCUT2D eigenvalue weighted by Crippen LogP contribution is -2.37. The molecule has 1 aromatic heterocycles. The SMILES string of the molecule is CCn1c(=NC#N)n(C2CCN(Cc3ccc(OCc4ccccc4)cc3)CC2)c2ccccc21. The highest BCUT2D eigenvalue weighted by Gasteiger charge is 2.24. The summed E-state index contributed by atoms with van der Waals surface area (Å²) in [7, 11) is 0. The number of para-hydroxylation sites is 2. The molecule has 1 aliphatic heterocycles. The minimum atomic E-state index is 0.338. The maximum absolute atomic E-state index is 9.34. The molecule has 1 fully saturated rings. The first-order valence-corrected chi connectivity index (χ1v) is 12.4. The van der Waals surface area contributed by atoms with E-state index in [0.717, 1.165) is 61.4 Å². The summed E-state index contributed by atoms with van der Waals surface area (Å²) < 4.78 is 10.4. The fraction of sp³-hybridized carbons (Fsp3) is 0.310. The monoisotopic (exact) mass is 465 g/mol. The Labute approximate surface area is 206 Å². The van der Waals surface area contributed by atoms with Crippen LogP contribution in [0.15, 0.2) is 83.9 Å². The van der Waals surface area contributed by atoms with Gasteiger partial charge in [0.05, 0.1) is 11.0 Å². The molecule has 6 nitrogen and oxygen atoms in total. The van der Waals surface area contributed by atoms with E-state index in [2.05, 4.69) is 86.6 Å². The third-order valence-electron chi connectivity index (χ3n) is 6.86. The Morgan fingerprint density at radius 3 is 2.26 bits per heavy atom. The Balaban J connectivity index is 1.23. The quantitative estimate of drug-likeness (QED) is 0.350. The second-order valence-electron chi connectivity index (χ2n) is 9.04. The molecule has 0 saturated carbocycles. The van der Waals surface area contributed by atoms with Gasteiger partial charge in [-0.2, -0.15) is 5.26 Å². The first-order valence-electron chi connectivity index (χ1n) is 12.4. The molecule has 1 saturated heterocycles. The molecule has 0 bridgehead atoms. The van der Waals surface area contributed by atoms with Gasteiger partial charge < -0.3 is 13.9 Å². The maximum atomic E-state index is 9.34. The largest absolute Gasteiger partial charge is 0.489 e. The van der Waals surface area contributed by atoms with Crippen LogP contribution in [0.2, 0.25) is 0 Å². The Hall–Kier alpha value is -3.82. The van der Waals surface area contributed by atoms with Gasteiger partial charge in [0.15, 0.2) is 0 Å². The summed E-state index contributed by atoms with van der Waals surface area (Å²) in [6.45, 7) is 6.44. The Morgan fingerprint density at radius 2 is 1.57 bits per heavy atom. The zero-order valence-electron chi connectivity index (χ0n) is 20.2. The Kier molecular flexibility index (Phi) is 6.97. The number of nitrogens with zero attached hydrogens (tertiary/aromatic N) is 5. The van der Waals surface area contributed by atoms with Gasteiger partial charge in [0.25, 0.3) is 0 Å². The van der Waals surface area contributed by atoms with Gasteiger partial charge in [-0.3, -0.25) is 4.90 Å². The van der Waals surface area contributed by atoms with Crippen molar-refractivity contribution in [2.24, 2.45) is 4.99 Å². The van der Waals surface area contributed by atoms with Crippen LogP contribution in [0.25, 0.3) is 11.0 Å². The van der Waals surface area contributed by atoms with Gasteiger partial charge in [-0.25, -0.2) is 0 Å². The third-order valence-corrected chi connectivity index (χ3v) is 6.86. The molecule has 0 spiro atoms. The molecule has 0 amide bonds. The number of likely N-dealkylation sites (tertiary alicyclic amines) is 1. The number of aryl methyl sites for hydroxylation is 1. The fourth-order valence-corrected chi connectivity index (χ4v) is 5.10. The van der Waals surface area contributed by atoms with Crippen molar-refractivity contribution in [1.82, 2.24) is 14.0 Å². The molecule has 5 rings (SSSR count). The summed E-state index contributed by atoms with van der Waals surface area (Å²) in [4.78, 5) is 6.74. The molecule has 0 atom stereocenters. The van der Waals surface area contributed by atoms with Crippen molar-refractivity contribution in [2.45, 2.75) is 45.5 Å². The average Bonchev–Trinajstić information content (AvgIpc) is 3.22. The predicted molar refractivity (Wildman–Crippen MR) is 138 cm³/mol. The second kappa shape index (κ2) is 10.6. The van der Waals surface area contributed by atoms with Crippen molar-refractivity contribution in [1.29, 1.82) is 5.26 Å². The molecular formula is C29H31N5O. The topological polar surface area (TPSA) is 58.5 Å². The van der Waals surface area contributed by atoms with E-state index in [4.69, 9.17) is 4.74 Å². The molecule has 0 unspecified atom stereocenters. The lowest BCUT2D eigenvalue weighted by Gasteiger charge is -2.33. The van der Waals surface area contributed by atoms with Crippen LogP contribution >= 0.6 is 0 Å². The normalized spacial score (nSPS) is 15.4. The van der Waals surface area contributed by atoms with E-state index in [1.54, 1.807) is 0 Å². The van der Waals surface area contributed by atoms with Crippen molar-refractivity contribution in [3.63, 3.8) is 0 Å². The number of piperidine rings is 1. The lowest BCUT2D eigenvalue weighted by atomic mass is 10.0. The third kappa shape index (κ3) is 5.01. The number of fused-ring (bicyclic) bond motifs is 1. The molecule has 35 heavy (non-hydrogen) atoms.